The van der Waals surface area contributed by atoms with E-state index in [9.17, 15) is 18.0 Å². The van der Waals surface area contributed by atoms with Crippen LogP contribution in [0.25, 0.3) is 0 Å². The van der Waals surface area contributed by atoms with E-state index in [2.05, 4.69) is 17.2 Å². The first kappa shape index (κ1) is 23.4. The number of rotatable bonds is 6. The van der Waals surface area contributed by atoms with Crippen LogP contribution in [0, 0.1) is 12.8 Å². The maximum Gasteiger partial charge on any atom is 0.268 e. The van der Waals surface area contributed by atoms with Crippen molar-refractivity contribution in [2.24, 2.45) is 13.0 Å². The normalized spacial score (nSPS) is 18.2. The molecule has 1 N–H and O–H groups in total. The number of hydrogen-bond acceptors (Lipinski definition) is 5. The van der Waals surface area contributed by atoms with E-state index in [0.29, 0.717) is 43.5 Å². The topological polar surface area (TPSA) is 105 Å². The zero-order valence-electron chi connectivity index (χ0n) is 19.4. The molecule has 4 rings (SSSR count). The second-order valence-electron chi connectivity index (χ2n) is 8.94. The van der Waals surface area contributed by atoms with Gasteiger partial charge in [0.25, 0.3) is 5.91 Å². The lowest BCUT2D eigenvalue weighted by molar-refractivity contribution is -0.117. The Kier molecular flexibility index (Phi) is 6.58. The van der Waals surface area contributed by atoms with Crippen molar-refractivity contribution in [3.63, 3.8) is 0 Å². The van der Waals surface area contributed by atoms with E-state index in [1.165, 1.54) is 10.4 Å². The third-order valence-corrected chi connectivity index (χ3v) is 8.73. The summed E-state index contributed by atoms with van der Waals surface area (Å²) >= 11 is 0. The number of piperidine rings is 1. The Balaban J connectivity index is 1.52. The average molecular weight is 474 g/mol. The molecule has 2 amide bonds. The Morgan fingerprint density at radius 3 is 2.64 bits per heavy atom. The van der Waals surface area contributed by atoms with Gasteiger partial charge in [-0.2, -0.15) is 4.31 Å². The molecule has 4 heterocycles. The van der Waals surface area contributed by atoms with E-state index in [1.807, 2.05) is 6.07 Å². The molecule has 10 heteroatoms. The fourth-order valence-corrected chi connectivity index (χ4v) is 6.20. The van der Waals surface area contributed by atoms with Crippen molar-refractivity contribution in [2.45, 2.75) is 51.0 Å². The number of sulfonamides is 1. The highest BCUT2D eigenvalue weighted by molar-refractivity contribution is 7.89. The molecular formula is C23H31N5O4S. The number of nitrogens with zero attached hydrogens (tertiary/aromatic N) is 4. The molecule has 178 valence electrons. The Morgan fingerprint density at radius 1 is 1.24 bits per heavy atom. The first-order chi connectivity index (χ1) is 15.7. The molecule has 0 aliphatic carbocycles. The molecule has 2 aromatic heterocycles. The molecule has 0 spiro atoms. The van der Waals surface area contributed by atoms with Crippen LogP contribution in [0.3, 0.4) is 0 Å². The second kappa shape index (κ2) is 9.26. The average Bonchev–Trinajstić information content (AvgIpc) is 3.36. The van der Waals surface area contributed by atoms with Crippen LogP contribution in [0.5, 0.6) is 0 Å². The number of amides is 2. The smallest absolute Gasteiger partial charge is 0.268 e. The Morgan fingerprint density at radius 2 is 1.97 bits per heavy atom. The van der Waals surface area contributed by atoms with E-state index in [0.717, 1.165) is 24.8 Å². The molecule has 9 nitrogen and oxygen atoms in total. The maximum atomic E-state index is 13.2. The summed E-state index contributed by atoms with van der Waals surface area (Å²) in [4.78, 5) is 31.3. The van der Waals surface area contributed by atoms with Gasteiger partial charge in [-0.1, -0.05) is 13.0 Å². The minimum absolute atomic E-state index is 0.0290. The first-order valence-corrected chi connectivity index (χ1v) is 12.8. The van der Waals surface area contributed by atoms with E-state index in [1.54, 1.807) is 35.7 Å². The van der Waals surface area contributed by atoms with Gasteiger partial charge in [0, 0.05) is 57.1 Å². The van der Waals surface area contributed by atoms with Crippen molar-refractivity contribution in [2.75, 3.05) is 24.5 Å². The zero-order chi connectivity index (χ0) is 23.8. The maximum absolute atomic E-state index is 13.2. The quantitative estimate of drug-likeness (QED) is 0.693. The van der Waals surface area contributed by atoms with Gasteiger partial charge in [-0.3, -0.25) is 14.5 Å². The van der Waals surface area contributed by atoms with Gasteiger partial charge in [0.2, 0.25) is 15.9 Å². The van der Waals surface area contributed by atoms with Crippen LogP contribution in [-0.4, -0.2) is 53.7 Å². The molecule has 2 aliphatic rings. The summed E-state index contributed by atoms with van der Waals surface area (Å²) in [5.41, 5.74) is 1.55. The van der Waals surface area contributed by atoms with Crippen molar-refractivity contribution in [3.05, 3.63) is 41.3 Å². The summed E-state index contributed by atoms with van der Waals surface area (Å²) in [5.74, 6) is 0.729. The summed E-state index contributed by atoms with van der Waals surface area (Å²) in [6.07, 6.45) is 4.59. The largest absolute Gasteiger partial charge is 0.347 e. The van der Waals surface area contributed by atoms with Gasteiger partial charge in [-0.15, -0.1) is 0 Å². The van der Waals surface area contributed by atoms with Crippen molar-refractivity contribution >= 4 is 27.7 Å². The number of anilines is 1. The van der Waals surface area contributed by atoms with Crippen LogP contribution >= 0.6 is 0 Å². The highest BCUT2D eigenvalue weighted by atomic mass is 32.2. The third kappa shape index (κ3) is 4.54. The first-order valence-electron chi connectivity index (χ1n) is 11.4. The molecule has 2 aromatic rings. The van der Waals surface area contributed by atoms with Crippen LogP contribution in [0.15, 0.2) is 29.3 Å². The molecular weight excluding hydrogens is 442 g/mol. The van der Waals surface area contributed by atoms with Crippen LogP contribution < -0.4 is 10.2 Å². The van der Waals surface area contributed by atoms with Crippen molar-refractivity contribution in [1.29, 1.82) is 0 Å². The highest BCUT2D eigenvalue weighted by Crippen LogP contribution is 2.28. The zero-order valence-corrected chi connectivity index (χ0v) is 20.2. The van der Waals surface area contributed by atoms with Gasteiger partial charge >= 0.3 is 0 Å². The van der Waals surface area contributed by atoms with E-state index < -0.39 is 10.0 Å². The predicted molar refractivity (Wildman–Crippen MR) is 124 cm³/mol. The van der Waals surface area contributed by atoms with Crippen LogP contribution in [0.2, 0.25) is 0 Å². The van der Waals surface area contributed by atoms with Gasteiger partial charge in [-0.25, -0.2) is 13.4 Å². The molecule has 33 heavy (non-hydrogen) atoms. The lowest BCUT2D eigenvalue weighted by atomic mass is 10.0. The molecule has 2 saturated heterocycles. The van der Waals surface area contributed by atoms with E-state index >= 15 is 0 Å². The molecule has 0 radical (unpaired) electrons. The summed E-state index contributed by atoms with van der Waals surface area (Å²) in [6.45, 7) is 5.64. The summed E-state index contributed by atoms with van der Waals surface area (Å²) in [7, 11) is -1.97. The fraction of sp³-hybridized carbons (Fsp3) is 0.522. The van der Waals surface area contributed by atoms with E-state index in [4.69, 9.17) is 0 Å². The number of carbonyl (C=O) groups excluding carboxylic acids is 2. The molecule has 0 aromatic carbocycles. The molecule has 0 unspecified atom stereocenters. The third-order valence-electron chi connectivity index (χ3n) is 6.72. The van der Waals surface area contributed by atoms with Gasteiger partial charge < -0.3 is 9.88 Å². The number of aromatic nitrogens is 2. The molecule has 2 fully saturated rings. The highest BCUT2D eigenvalue weighted by Gasteiger charge is 2.32. The second-order valence-corrected chi connectivity index (χ2v) is 10.8. The Bertz CT molecular complexity index is 1170. The van der Waals surface area contributed by atoms with Gasteiger partial charge in [-0.05, 0) is 44.2 Å². The minimum atomic E-state index is -3.66. The van der Waals surface area contributed by atoms with E-state index in [-0.39, 0.29) is 28.9 Å². The number of nitrogens with one attached hydrogen (secondary N) is 1. The Hall–Kier alpha value is -2.72. The van der Waals surface area contributed by atoms with Crippen LogP contribution in [0.4, 0.5) is 5.82 Å². The van der Waals surface area contributed by atoms with Crippen molar-refractivity contribution in [3.8, 4) is 0 Å². The number of carbonyl (C=O) groups is 2. The lowest BCUT2D eigenvalue weighted by Gasteiger charge is -2.29. The summed E-state index contributed by atoms with van der Waals surface area (Å²) < 4.78 is 29.6. The van der Waals surface area contributed by atoms with Crippen LogP contribution in [0.1, 0.15) is 54.4 Å². The van der Waals surface area contributed by atoms with Crippen molar-refractivity contribution in [1.82, 2.24) is 19.2 Å². The van der Waals surface area contributed by atoms with Gasteiger partial charge in [0.05, 0.1) is 0 Å². The van der Waals surface area contributed by atoms with Crippen LogP contribution in [-0.2, 0) is 28.4 Å². The SMILES string of the molecule is Cc1c(S(=O)(=O)N2CCC(C)CC2)cc(C(=O)NCc2cccnc2N2CCCC2=O)n1C. The predicted octanol–water partition coefficient (Wildman–Crippen LogP) is 2.21. The molecule has 0 bridgehead atoms. The van der Waals surface area contributed by atoms with Gasteiger partial charge in [0.1, 0.15) is 16.4 Å². The monoisotopic (exact) mass is 473 g/mol. The van der Waals surface area contributed by atoms with Gasteiger partial charge in [0.15, 0.2) is 0 Å². The fourth-order valence-electron chi connectivity index (χ4n) is 4.46. The number of pyridine rings is 1. The number of hydrogen-bond donors (Lipinski definition) is 1. The molecule has 2 aliphatic heterocycles. The lowest BCUT2D eigenvalue weighted by Crippen LogP contribution is -2.38. The molecule has 0 saturated carbocycles. The Labute approximate surface area is 194 Å². The van der Waals surface area contributed by atoms with Crippen molar-refractivity contribution < 1.29 is 18.0 Å². The summed E-state index contributed by atoms with van der Waals surface area (Å²) in [5, 5.41) is 2.87. The minimum Gasteiger partial charge on any atom is -0.347 e. The standard InChI is InChI=1S/C23H31N5O4S/c1-16-8-12-27(13-9-16)33(31,32)20-14-19(26(3)17(20)2)23(30)25-15-18-6-4-10-24-22(18)28-11-5-7-21(28)29/h4,6,10,14,16H,5,7-9,11-13,15H2,1-3H3,(H,25,30). The summed E-state index contributed by atoms with van der Waals surface area (Å²) in [6, 6.07) is 5.06. The molecule has 0 atom stereocenters.